The van der Waals surface area contributed by atoms with E-state index in [1.807, 2.05) is 0 Å². The van der Waals surface area contributed by atoms with Gasteiger partial charge in [0.25, 0.3) is 0 Å². The minimum atomic E-state index is -0.832. The normalized spacial score (nSPS) is 11.6. The van der Waals surface area contributed by atoms with Crippen LogP contribution in [0.4, 0.5) is 8.78 Å². The minimum absolute atomic E-state index is 0.157. The summed E-state index contributed by atoms with van der Waals surface area (Å²) in [6.45, 7) is 0. The van der Waals surface area contributed by atoms with Gasteiger partial charge in [0.1, 0.15) is 5.82 Å². The van der Waals surface area contributed by atoms with E-state index in [-0.39, 0.29) is 10.6 Å². The summed E-state index contributed by atoms with van der Waals surface area (Å²) in [6, 6.07) is 6.05. The molecule has 0 saturated carbocycles. The predicted octanol–water partition coefficient (Wildman–Crippen LogP) is 3.98. The molecule has 4 N–H and O–H groups in total. The molecule has 0 atom stereocenters. The molecule has 34 heavy (non-hydrogen) atoms. The van der Waals surface area contributed by atoms with Gasteiger partial charge in [-0.25, -0.2) is 8.78 Å². The quantitative estimate of drug-likeness (QED) is 0.197. The number of fused-ring (bicyclic) bond motifs is 1. The first-order chi connectivity index (χ1) is 16.3. The van der Waals surface area contributed by atoms with Crippen molar-refractivity contribution < 1.29 is 8.78 Å². The largest absolute Gasteiger partial charge is 0.393 e. The van der Waals surface area contributed by atoms with Gasteiger partial charge in [-0.2, -0.15) is 5.10 Å². The lowest BCUT2D eigenvalue weighted by Gasteiger charge is -2.12. The molecule has 172 valence electrons. The Morgan fingerprint density at radius 1 is 1.18 bits per heavy atom. The molecular weight excluding hydrogens is 458 g/mol. The number of aryl methyl sites for hydroxylation is 1. The molecule has 0 amide bonds. The maximum absolute atomic E-state index is 15.3. The third-order valence-electron chi connectivity index (χ3n) is 5.03. The highest BCUT2D eigenvalue weighted by Crippen LogP contribution is 2.30. The number of thioether (sulfide) groups is 1. The summed E-state index contributed by atoms with van der Waals surface area (Å²) in [4.78, 5) is 4.86. The molecule has 0 aliphatic heterocycles. The molecule has 3 aromatic heterocycles. The number of hydrogen-bond acceptors (Lipinski definition) is 7. The number of aromatic nitrogens is 4. The molecule has 0 fully saturated rings. The molecule has 8 nitrogen and oxygen atoms in total. The van der Waals surface area contributed by atoms with Crippen molar-refractivity contribution in [3.63, 3.8) is 0 Å². The zero-order chi connectivity index (χ0) is 24.4. The summed E-state index contributed by atoms with van der Waals surface area (Å²) < 4.78 is 32.4. The second-order valence-corrected chi connectivity index (χ2v) is 8.36. The van der Waals surface area contributed by atoms with Gasteiger partial charge in [-0.1, -0.05) is 11.8 Å². The lowest BCUT2D eigenvalue weighted by Crippen LogP contribution is -2.27. The van der Waals surface area contributed by atoms with E-state index in [4.69, 9.17) is 16.2 Å². The van der Waals surface area contributed by atoms with Crippen molar-refractivity contribution in [2.75, 3.05) is 7.05 Å². The number of nitrogens with one attached hydrogen (secondary N) is 4. The van der Waals surface area contributed by atoms with Crippen LogP contribution in [0, 0.1) is 27.9 Å². The number of benzene rings is 1. The number of pyridine rings is 2. The van der Waals surface area contributed by atoms with Gasteiger partial charge < -0.3 is 10.7 Å². The van der Waals surface area contributed by atoms with Crippen molar-refractivity contribution in [3.8, 4) is 11.1 Å². The van der Waals surface area contributed by atoms with Crippen LogP contribution >= 0.6 is 11.8 Å². The average molecular weight is 479 g/mol. The third kappa shape index (κ3) is 4.37. The summed E-state index contributed by atoms with van der Waals surface area (Å²) in [5.41, 5.74) is 1.58. The molecule has 0 bridgehead atoms. The zero-order valence-corrected chi connectivity index (χ0v) is 19.0. The highest BCUT2D eigenvalue weighted by Gasteiger charge is 2.15. The van der Waals surface area contributed by atoms with Crippen molar-refractivity contribution in [1.82, 2.24) is 24.6 Å². The van der Waals surface area contributed by atoms with Gasteiger partial charge >= 0.3 is 0 Å². The van der Waals surface area contributed by atoms with Crippen LogP contribution in [0.3, 0.4) is 0 Å². The summed E-state index contributed by atoms with van der Waals surface area (Å²) in [5, 5.41) is 31.0. The first-order valence-corrected chi connectivity index (χ1v) is 10.8. The van der Waals surface area contributed by atoms with Crippen LogP contribution in [0.2, 0.25) is 0 Å². The van der Waals surface area contributed by atoms with Crippen molar-refractivity contribution in [1.29, 1.82) is 16.2 Å². The molecule has 0 radical (unpaired) electrons. The first kappa shape index (κ1) is 23.1. The van der Waals surface area contributed by atoms with E-state index in [2.05, 4.69) is 15.4 Å². The molecule has 0 spiro atoms. The van der Waals surface area contributed by atoms with Crippen LogP contribution in [-0.2, 0) is 7.05 Å². The Labute approximate surface area is 197 Å². The fourth-order valence-electron chi connectivity index (χ4n) is 3.37. The first-order valence-electron chi connectivity index (χ1n) is 10.0. The van der Waals surface area contributed by atoms with Gasteiger partial charge in [-0.3, -0.25) is 25.1 Å². The molecular formula is C23H20F2N8S. The maximum atomic E-state index is 15.3. The van der Waals surface area contributed by atoms with Crippen molar-refractivity contribution >= 4 is 39.6 Å². The average Bonchev–Trinajstić information content (AvgIpc) is 3.25. The highest BCUT2D eigenvalue weighted by molar-refractivity contribution is 8.13. The van der Waals surface area contributed by atoms with Crippen molar-refractivity contribution in [3.05, 3.63) is 77.9 Å². The number of halogens is 2. The summed E-state index contributed by atoms with van der Waals surface area (Å²) in [6.07, 6.45) is 8.69. The van der Waals surface area contributed by atoms with Crippen LogP contribution < -0.4 is 10.8 Å². The van der Waals surface area contributed by atoms with Crippen LogP contribution in [0.25, 0.3) is 27.6 Å². The Morgan fingerprint density at radius 3 is 2.65 bits per heavy atom. The van der Waals surface area contributed by atoms with Crippen LogP contribution in [0.5, 0.6) is 0 Å². The second kappa shape index (κ2) is 9.40. The van der Waals surface area contributed by atoms with Gasteiger partial charge in [-0.05, 0) is 24.3 Å². The van der Waals surface area contributed by atoms with Gasteiger partial charge in [0.2, 0.25) is 0 Å². The summed E-state index contributed by atoms with van der Waals surface area (Å²) in [5.74, 6) is -1.29. The summed E-state index contributed by atoms with van der Waals surface area (Å²) >= 11 is 0.947. The molecule has 0 unspecified atom stereocenters. The lowest BCUT2D eigenvalue weighted by molar-refractivity contribution is 0.590. The number of nitrogens with zero attached hydrogens (tertiary/aromatic N) is 4. The monoisotopic (exact) mass is 478 g/mol. The number of rotatable bonds is 5. The van der Waals surface area contributed by atoms with Gasteiger partial charge in [-0.15, -0.1) is 0 Å². The third-order valence-corrected chi connectivity index (χ3v) is 5.91. The molecule has 3 heterocycles. The topological polar surface area (TPSA) is 119 Å². The minimum Gasteiger partial charge on any atom is -0.393 e. The van der Waals surface area contributed by atoms with Gasteiger partial charge in [0.15, 0.2) is 16.5 Å². The molecule has 11 heteroatoms. The maximum Gasteiger partial charge on any atom is 0.171 e. The van der Waals surface area contributed by atoms with E-state index in [9.17, 15) is 4.39 Å². The second-order valence-electron chi connectivity index (χ2n) is 7.30. The Kier molecular flexibility index (Phi) is 6.37. The van der Waals surface area contributed by atoms with E-state index in [1.165, 1.54) is 18.6 Å². The fourth-order valence-corrected chi connectivity index (χ4v) is 4.15. The Bertz CT molecular complexity index is 1520. The summed E-state index contributed by atoms with van der Waals surface area (Å²) in [7, 11) is 3.39. The van der Waals surface area contributed by atoms with E-state index in [1.54, 1.807) is 49.4 Å². The predicted molar refractivity (Wildman–Crippen MR) is 129 cm³/mol. The Morgan fingerprint density at radius 2 is 1.97 bits per heavy atom. The molecule has 1 aromatic carbocycles. The van der Waals surface area contributed by atoms with Crippen LogP contribution in [0.15, 0.2) is 60.1 Å². The van der Waals surface area contributed by atoms with Crippen LogP contribution in [-0.4, -0.2) is 37.8 Å². The van der Waals surface area contributed by atoms with E-state index < -0.39 is 17.1 Å². The smallest absolute Gasteiger partial charge is 0.171 e. The molecule has 0 aliphatic carbocycles. The number of allylic oxidation sites excluding steroid dienone is 1. The molecule has 4 aromatic rings. The molecule has 0 saturated heterocycles. The number of hydrogen-bond donors (Lipinski definition) is 4. The molecule has 4 rings (SSSR count). The highest BCUT2D eigenvalue weighted by atomic mass is 32.2. The standard InChI is InChI=1S/C23H20F2N8S/c1-29-8-14(7-26)13-5-19(24)22(27)33(12-13)23(28)34-16-3-4-20-17(6-16)21(25)18(10-30-20)15-9-31-32(2)11-15/h3-12,26-29H,1-2H3/b14-8+,26-7?,27-22?,28-23?. The van der Waals surface area contributed by atoms with E-state index in [0.717, 1.165) is 28.6 Å². The Balaban J connectivity index is 1.71. The molecule has 0 aliphatic rings. The fraction of sp³-hybridized carbons (Fsp3) is 0.0870. The van der Waals surface area contributed by atoms with Crippen LogP contribution in [0.1, 0.15) is 5.56 Å². The Hall–Kier alpha value is -4.12. The van der Waals surface area contributed by atoms with E-state index in [0.29, 0.717) is 32.7 Å². The van der Waals surface area contributed by atoms with Gasteiger partial charge in [0, 0.05) is 77.6 Å². The SMILES string of the molecule is CN/C=C(\C=N)c1cc(F)c(=N)n(C(=N)Sc2ccc3ncc(-c4cnn(C)c4)c(F)c3c2)c1. The van der Waals surface area contributed by atoms with Crippen molar-refractivity contribution in [2.24, 2.45) is 7.05 Å². The van der Waals surface area contributed by atoms with Gasteiger partial charge in [0.05, 0.1) is 11.7 Å². The van der Waals surface area contributed by atoms with Crippen molar-refractivity contribution in [2.45, 2.75) is 4.90 Å². The van der Waals surface area contributed by atoms with E-state index >= 15 is 4.39 Å². The zero-order valence-electron chi connectivity index (χ0n) is 18.2. The lowest BCUT2D eigenvalue weighted by atomic mass is 10.1.